The maximum Gasteiger partial charge on any atom is 0.273 e. The molecular formula is C26H31N3O5. The number of fused-ring (bicyclic) bond motifs is 1. The monoisotopic (exact) mass is 465 g/mol. The number of para-hydroxylation sites is 1. The number of aromatic hydroxyl groups is 1. The maximum absolute atomic E-state index is 13.3. The van der Waals surface area contributed by atoms with E-state index in [2.05, 4.69) is 24.0 Å². The molecule has 34 heavy (non-hydrogen) atoms. The maximum atomic E-state index is 13.3. The third kappa shape index (κ3) is 4.46. The second-order valence-corrected chi connectivity index (χ2v) is 8.71. The van der Waals surface area contributed by atoms with Crippen molar-refractivity contribution in [3.05, 3.63) is 59.3 Å². The molecule has 0 saturated heterocycles. The van der Waals surface area contributed by atoms with Crippen molar-refractivity contribution in [2.75, 3.05) is 34.0 Å². The van der Waals surface area contributed by atoms with Crippen LogP contribution in [0.1, 0.15) is 47.9 Å². The molecule has 0 unspecified atom stereocenters. The average Bonchev–Trinajstić information content (AvgIpc) is 3.37. The summed E-state index contributed by atoms with van der Waals surface area (Å²) in [7, 11) is 3.21. The number of ether oxygens (including phenoxy) is 3. The Morgan fingerprint density at radius 1 is 1.12 bits per heavy atom. The number of hydrogen-bond donors (Lipinski definition) is 2. The Balaban J connectivity index is 1.77. The molecule has 1 aromatic heterocycles. The van der Waals surface area contributed by atoms with Crippen LogP contribution in [-0.2, 0) is 4.74 Å². The summed E-state index contributed by atoms with van der Waals surface area (Å²) in [6, 6.07) is 12.3. The van der Waals surface area contributed by atoms with E-state index in [4.69, 9.17) is 14.2 Å². The summed E-state index contributed by atoms with van der Waals surface area (Å²) in [5.74, 6) is 1.73. The molecule has 1 amide bonds. The van der Waals surface area contributed by atoms with Crippen LogP contribution in [-0.4, -0.2) is 60.1 Å². The van der Waals surface area contributed by atoms with Crippen molar-refractivity contribution in [2.24, 2.45) is 5.92 Å². The van der Waals surface area contributed by atoms with E-state index in [-0.39, 0.29) is 11.7 Å². The lowest BCUT2D eigenvalue weighted by atomic mass is 9.95. The number of benzene rings is 2. The summed E-state index contributed by atoms with van der Waals surface area (Å²) in [4.78, 5) is 15.1. The number of nitrogens with one attached hydrogen (secondary N) is 1. The highest BCUT2D eigenvalue weighted by Gasteiger charge is 2.42. The highest BCUT2D eigenvalue weighted by Crippen LogP contribution is 2.45. The van der Waals surface area contributed by atoms with Gasteiger partial charge in [-0.15, -0.1) is 0 Å². The van der Waals surface area contributed by atoms with Gasteiger partial charge in [-0.05, 0) is 42.2 Å². The highest BCUT2D eigenvalue weighted by molar-refractivity contribution is 6.00. The van der Waals surface area contributed by atoms with Crippen LogP contribution in [0.25, 0.3) is 11.3 Å². The number of methoxy groups -OCH3 is 2. The van der Waals surface area contributed by atoms with Crippen molar-refractivity contribution >= 4 is 5.91 Å². The molecule has 0 saturated carbocycles. The van der Waals surface area contributed by atoms with Gasteiger partial charge in [0.2, 0.25) is 0 Å². The first kappa shape index (κ1) is 23.6. The molecule has 8 heteroatoms. The molecule has 3 aromatic rings. The fourth-order valence-electron chi connectivity index (χ4n) is 4.22. The lowest BCUT2D eigenvalue weighted by Gasteiger charge is -2.26. The third-order valence-corrected chi connectivity index (χ3v) is 6.02. The molecule has 0 fully saturated rings. The van der Waals surface area contributed by atoms with Crippen molar-refractivity contribution in [3.8, 4) is 28.5 Å². The fraction of sp³-hybridized carbons (Fsp3) is 0.385. The van der Waals surface area contributed by atoms with E-state index in [1.54, 1.807) is 37.3 Å². The number of aromatic amines is 1. The largest absolute Gasteiger partial charge is 0.507 e. The quantitative estimate of drug-likeness (QED) is 0.460. The number of phenolic OH excluding ortho intramolecular Hbond substituents is 1. The van der Waals surface area contributed by atoms with Crippen LogP contribution in [0.2, 0.25) is 0 Å². The number of carbonyl (C=O) groups is 1. The van der Waals surface area contributed by atoms with Crippen LogP contribution in [0.5, 0.6) is 17.2 Å². The topological polar surface area (TPSA) is 96.9 Å². The molecule has 4 rings (SSSR count). The Labute approximate surface area is 199 Å². The van der Waals surface area contributed by atoms with E-state index in [0.717, 1.165) is 17.5 Å². The fourth-order valence-corrected chi connectivity index (χ4v) is 4.22. The molecule has 0 aliphatic carbocycles. The van der Waals surface area contributed by atoms with Crippen LogP contribution in [0.3, 0.4) is 0 Å². The predicted molar refractivity (Wildman–Crippen MR) is 128 cm³/mol. The summed E-state index contributed by atoms with van der Waals surface area (Å²) in [6.07, 6.45) is 0.940. The summed E-state index contributed by atoms with van der Waals surface area (Å²) in [5, 5.41) is 17.8. The van der Waals surface area contributed by atoms with E-state index >= 15 is 0 Å². The van der Waals surface area contributed by atoms with Gasteiger partial charge in [-0.1, -0.05) is 32.0 Å². The standard InChI is InChI=1S/C26H31N3O5/c1-16(2)11-13-34-20-10-9-17(15-21(20)33-4)25-22-23(18-7-5-6-8-19(18)30)27-28-24(22)26(31)29(25)12-14-32-3/h5-10,15-16,25,30H,11-14H2,1-4H3,(H,27,28)/t25-/m1/s1. The molecule has 2 aromatic carbocycles. The van der Waals surface area contributed by atoms with Gasteiger partial charge >= 0.3 is 0 Å². The van der Waals surface area contributed by atoms with E-state index in [0.29, 0.717) is 54.1 Å². The minimum atomic E-state index is -0.426. The summed E-state index contributed by atoms with van der Waals surface area (Å²) >= 11 is 0. The second kappa shape index (κ2) is 10.2. The zero-order chi connectivity index (χ0) is 24.2. The Morgan fingerprint density at radius 3 is 2.62 bits per heavy atom. The number of carbonyl (C=O) groups excluding carboxylic acids is 1. The molecule has 2 heterocycles. The van der Waals surface area contributed by atoms with Gasteiger partial charge in [-0.2, -0.15) is 5.10 Å². The lowest BCUT2D eigenvalue weighted by molar-refractivity contribution is 0.0677. The normalized spacial score (nSPS) is 15.1. The van der Waals surface area contributed by atoms with E-state index < -0.39 is 6.04 Å². The molecule has 1 aliphatic rings. The van der Waals surface area contributed by atoms with Gasteiger partial charge in [0, 0.05) is 24.8 Å². The highest BCUT2D eigenvalue weighted by atomic mass is 16.5. The molecule has 0 bridgehead atoms. The summed E-state index contributed by atoms with van der Waals surface area (Å²) < 4.78 is 16.9. The zero-order valence-corrected chi connectivity index (χ0v) is 20.0. The number of phenols is 1. The predicted octanol–water partition coefficient (Wildman–Crippen LogP) is 4.41. The van der Waals surface area contributed by atoms with E-state index in [1.807, 2.05) is 24.3 Å². The van der Waals surface area contributed by atoms with Crippen molar-refractivity contribution in [3.63, 3.8) is 0 Å². The van der Waals surface area contributed by atoms with E-state index in [9.17, 15) is 9.90 Å². The molecule has 2 N–H and O–H groups in total. The SMILES string of the molecule is COCCN1C(=O)c2[nH]nc(-c3ccccc3O)c2[C@H]1c1ccc(OCCC(C)C)c(OC)c1. The summed E-state index contributed by atoms with van der Waals surface area (Å²) in [5.41, 5.74) is 3.10. The Bertz CT molecular complexity index is 1160. The van der Waals surface area contributed by atoms with Gasteiger partial charge in [0.25, 0.3) is 5.91 Å². The Morgan fingerprint density at radius 2 is 1.91 bits per heavy atom. The first-order valence-electron chi connectivity index (χ1n) is 11.4. The first-order valence-corrected chi connectivity index (χ1v) is 11.4. The number of nitrogens with zero attached hydrogens (tertiary/aromatic N) is 2. The van der Waals surface area contributed by atoms with E-state index in [1.165, 1.54) is 0 Å². The number of aromatic nitrogens is 2. The van der Waals surface area contributed by atoms with Gasteiger partial charge in [0.15, 0.2) is 11.5 Å². The molecule has 1 aliphatic heterocycles. The van der Waals surface area contributed by atoms with Gasteiger partial charge in [0.05, 0.1) is 26.4 Å². The number of amides is 1. The van der Waals surface area contributed by atoms with Gasteiger partial charge < -0.3 is 24.2 Å². The zero-order valence-electron chi connectivity index (χ0n) is 20.0. The molecule has 1 atom stereocenters. The third-order valence-electron chi connectivity index (χ3n) is 6.02. The van der Waals surface area contributed by atoms with Crippen LogP contribution in [0.4, 0.5) is 0 Å². The minimum absolute atomic E-state index is 0.102. The lowest BCUT2D eigenvalue weighted by Crippen LogP contribution is -2.32. The average molecular weight is 466 g/mol. The molecule has 0 spiro atoms. The molecule has 0 radical (unpaired) electrons. The van der Waals surface area contributed by atoms with Crippen LogP contribution < -0.4 is 9.47 Å². The van der Waals surface area contributed by atoms with Crippen molar-refractivity contribution in [1.29, 1.82) is 0 Å². The van der Waals surface area contributed by atoms with Crippen molar-refractivity contribution in [2.45, 2.75) is 26.3 Å². The Hall–Kier alpha value is -3.52. The minimum Gasteiger partial charge on any atom is -0.507 e. The smallest absolute Gasteiger partial charge is 0.273 e. The number of H-pyrrole nitrogens is 1. The van der Waals surface area contributed by atoms with Gasteiger partial charge in [-0.25, -0.2) is 0 Å². The van der Waals surface area contributed by atoms with Gasteiger partial charge in [0.1, 0.15) is 17.1 Å². The second-order valence-electron chi connectivity index (χ2n) is 8.71. The first-order chi connectivity index (χ1) is 16.5. The van der Waals surface area contributed by atoms with Crippen LogP contribution >= 0.6 is 0 Å². The molecular weight excluding hydrogens is 434 g/mol. The van der Waals surface area contributed by atoms with Crippen LogP contribution in [0, 0.1) is 5.92 Å². The molecule has 8 nitrogen and oxygen atoms in total. The Kier molecular flexibility index (Phi) is 7.07. The number of rotatable bonds is 10. The van der Waals surface area contributed by atoms with Gasteiger partial charge in [-0.3, -0.25) is 9.89 Å². The van der Waals surface area contributed by atoms with Crippen molar-refractivity contribution in [1.82, 2.24) is 15.1 Å². The summed E-state index contributed by atoms with van der Waals surface area (Å²) in [6.45, 7) is 5.69. The van der Waals surface area contributed by atoms with Crippen LogP contribution in [0.15, 0.2) is 42.5 Å². The molecule has 180 valence electrons. The van der Waals surface area contributed by atoms with Crippen molar-refractivity contribution < 1.29 is 24.1 Å². The number of hydrogen-bond acceptors (Lipinski definition) is 6.